The first kappa shape index (κ1) is 41.3. The molecule has 0 fully saturated rings. The summed E-state index contributed by atoms with van der Waals surface area (Å²) in [5.41, 5.74) is 3.98. The van der Waals surface area contributed by atoms with E-state index in [2.05, 4.69) is 43.4 Å². The highest BCUT2D eigenvalue weighted by atomic mass is 17.2. The topological polar surface area (TPSA) is 125 Å². The lowest BCUT2D eigenvalue weighted by Crippen LogP contribution is -2.28. The van der Waals surface area contributed by atoms with Crippen LogP contribution in [0, 0.1) is 23.7 Å². The molecule has 0 atom stereocenters. The van der Waals surface area contributed by atoms with Gasteiger partial charge in [0.2, 0.25) is 0 Å². The third kappa shape index (κ3) is 11.4. The largest absolute Gasteiger partial charge is 0.493 e. The average molecular weight is 793 g/mol. The van der Waals surface area contributed by atoms with Gasteiger partial charge in [0.15, 0.2) is 19.3 Å². The second-order valence-corrected chi connectivity index (χ2v) is 12.8. The Kier molecular flexibility index (Phi) is 14.5. The minimum absolute atomic E-state index is 0.0582. The maximum atomic E-state index is 11.4. The number of carbonyl (C=O) groups excluding carboxylic acids is 3. The van der Waals surface area contributed by atoms with Crippen LogP contribution < -0.4 is 14.2 Å². The summed E-state index contributed by atoms with van der Waals surface area (Å²) >= 11 is 0. The molecule has 0 saturated carbocycles. The zero-order valence-electron chi connectivity index (χ0n) is 32.2. The Morgan fingerprint density at radius 1 is 0.644 bits per heavy atom. The molecule has 11 nitrogen and oxygen atoms in total. The highest BCUT2D eigenvalue weighted by molar-refractivity contribution is 6.10. The van der Waals surface area contributed by atoms with Crippen molar-refractivity contribution >= 4 is 39.5 Å². The molecule has 0 unspecified atom stereocenters. The Labute approximate surface area is 341 Å². The molecule has 0 aliphatic carbocycles. The number of carbonyl (C=O) groups is 3. The summed E-state index contributed by atoms with van der Waals surface area (Å²) in [6.07, 6.45) is 3.27. The fourth-order valence-electron chi connectivity index (χ4n) is 5.97. The van der Waals surface area contributed by atoms with Crippen molar-refractivity contribution in [3.05, 3.63) is 140 Å². The average Bonchev–Trinajstić information content (AvgIpc) is 3.34. The van der Waals surface area contributed by atoms with Crippen molar-refractivity contribution in [3.63, 3.8) is 0 Å². The van der Waals surface area contributed by atoms with Gasteiger partial charge in [-0.05, 0) is 75.6 Å². The molecule has 6 rings (SSSR count). The normalized spacial score (nSPS) is 11.8. The molecular formula is C48H40O11. The Morgan fingerprint density at radius 2 is 1.17 bits per heavy atom. The van der Waals surface area contributed by atoms with Crippen LogP contribution in [0.2, 0.25) is 0 Å². The van der Waals surface area contributed by atoms with Crippen molar-refractivity contribution in [3.8, 4) is 52.1 Å². The van der Waals surface area contributed by atoms with E-state index in [4.69, 9.17) is 38.2 Å². The zero-order chi connectivity index (χ0) is 41.4. The van der Waals surface area contributed by atoms with Gasteiger partial charge < -0.3 is 28.4 Å². The molecule has 5 aromatic rings. The summed E-state index contributed by atoms with van der Waals surface area (Å²) in [7, 11) is 0. The maximum absolute atomic E-state index is 11.4. The first-order chi connectivity index (χ1) is 28.8. The molecule has 0 amide bonds. The number of esters is 3. The second-order valence-electron chi connectivity index (χ2n) is 12.8. The second kappa shape index (κ2) is 20.7. The number of ether oxygens (including phenoxy) is 6. The van der Waals surface area contributed by atoms with Crippen molar-refractivity contribution in [2.75, 3.05) is 39.6 Å². The van der Waals surface area contributed by atoms with Crippen LogP contribution in [0.25, 0.3) is 32.7 Å². The molecule has 298 valence electrons. The maximum Gasteiger partial charge on any atom is 0.331 e. The number of hydrogen-bond donors (Lipinski definition) is 0. The summed E-state index contributed by atoms with van der Waals surface area (Å²) in [5, 5.41) is 3.61. The van der Waals surface area contributed by atoms with Crippen LogP contribution in [0.5, 0.6) is 17.2 Å². The molecular weight excluding hydrogens is 753 g/mol. The first-order valence-electron chi connectivity index (χ1n) is 18.6. The van der Waals surface area contributed by atoms with E-state index in [0.29, 0.717) is 30.3 Å². The summed E-state index contributed by atoms with van der Waals surface area (Å²) in [4.78, 5) is 45.6. The Bertz CT molecular complexity index is 2360. The molecule has 0 bridgehead atoms. The zero-order valence-corrected chi connectivity index (χ0v) is 32.2. The van der Waals surface area contributed by atoms with E-state index in [0.717, 1.165) is 67.6 Å². The lowest BCUT2D eigenvalue weighted by atomic mass is 9.91. The highest BCUT2D eigenvalue weighted by Crippen LogP contribution is 2.46. The van der Waals surface area contributed by atoms with Crippen LogP contribution in [0.3, 0.4) is 0 Å². The van der Waals surface area contributed by atoms with Gasteiger partial charge >= 0.3 is 17.9 Å². The predicted molar refractivity (Wildman–Crippen MR) is 221 cm³/mol. The summed E-state index contributed by atoms with van der Waals surface area (Å²) in [6.45, 7) is 11.1. The molecule has 0 saturated heterocycles. The van der Waals surface area contributed by atoms with E-state index >= 15 is 0 Å². The molecule has 5 aromatic carbocycles. The highest BCUT2D eigenvalue weighted by Gasteiger charge is 2.24. The van der Waals surface area contributed by atoms with Crippen molar-refractivity contribution < 1.29 is 52.6 Å². The molecule has 59 heavy (non-hydrogen) atoms. The van der Waals surface area contributed by atoms with E-state index in [-0.39, 0.29) is 39.6 Å². The van der Waals surface area contributed by atoms with Gasteiger partial charge in [-0.25, -0.2) is 24.2 Å². The van der Waals surface area contributed by atoms with Crippen molar-refractivity contribution in [1.82, 2.24) is 0 Å². The molecule has 11 heteroatoms. The van der Waals surface area contributed by atoms with Gasteiger partial charge in [0.05, 0.1) is 13.2 Å². The van der Waals surface area contributed by atoms with E-state index in [1.165, 1.54) is 0 Å². The molecule has 0 aromatic heterocycles. The van der Waals surface area contributed by atoms with Crippen LogP contribution in [0.4, 0.5) is 0 Å². The lowest BCUT2D eigenvalue weighted by molar-refractivity contribution is -0.339. The molecule has 0 spiro atoms. The Morgan fingerprint density at radius 3 is 1.69 bits per heavy atom. The summed E-state index contributed by atoms with van der Waals surface area (Å²) in [6, 6.07) is 26.8. The van der Waals surface area contributed by atoms with Gasteiger partial charge in [-0.1, -0.05) is 79.8 Å². The quantitative estimate of drug-likeness (QED) is 0.0210. The van der Waals surface area contributed by atoms with Gasteiger partial charge in [-0.2, -0.15) is 0 Å². The monoisotopic (exact) mass is 792 g/mol. The standard InChI is InChI=1S/C48H40O11/c1-4-44(49)53-24-7-10-33-14-20-40-36(28-33)16-22-42-47(40)48-41-21-15-34(11-8-25-54-45(50)5-2)29-37(41)17-23-43(48)57-32-39(31-56-42)59-58-30-35-12-18-38(19-13-35)52-26-9-27-55-46(51)6-3/h4-6,12-23,28-29,39H,1-3,9,24-27,30-32H2. The van der Waals surface area contributed by atoms with Crippen LogP contribution in [-0.4, -0.2) is 63.7 Å². The van der Waals surface area contributed by atoms with Gasteiger partial charge in [-0.3, -0.25) is 0 Å². The SMILES string of the molecule is C=CC(=O)OCC#Cc1ccc2c3c(ccc2c1)OCC(OOCc1ccc(OCCCOC(=O)C=C)cc1)COc1ccc2cc(C#CCOC(=O)C=C)ccc2c1-3. The molecule has 0 radical (unpaired) electrons. The van der Waals surface area contributed by atoms with Crippen molar-refractivity contribution in [1.29, 1.82) is 0 Å². The van der Waals surface area contributed by atoms with E-state index in [1.54, 1.807) is 0 Å². The summed E-state index contributed by atoms with van der Waals surface area (Å²) in [5.74, 6) is 12.2. The number of hydrogen-bond acceptors (Lipinski definition) is 11. The number of benzene rings is 5. The third-order valence-electron chi connectivity index (χ3n) is 8.76. The van der Waals surface area contributed by atoms with Crippen molar-refractivity contribution in [2.45, 2.75) is 19.1 Å². The fourth-order valence-corrected chi connectivity index (χ4v) is 5.97. The van der Waals surface area contributed by atoms with Crippen LogP contribution in [0.1, 0.15) is 23.1 Å². The van der Waals surface area contributed by atoms with Crippen LogP contribution >= 0.6 is 0 Å². The Balaban J connectivity index is 1.23. The molecule has 1 aliphatic rings. The smallest absolute Gasteiger partial charge is 0.331 e. The molecule has 1 aliphatic heterocycles. The fraction of sp³-hybridized carbons (Fsp3) is 0.188. The number of fused-ring (bicyclic) bond motifs is 7. The predicted octanol–water partition coefficient (Wildman–Crippen LogP) is 7.61. The van der Waals surface area contributed by atoms with Crippen molar-refractivity contribution in [2.24, 2.45) is 0 Å². The minimum Gasteiger partial charge on any atom is -0.493 e. The lowest BCUT2D eigenvalue weighted by Gasteiger charge is -2.18. The van der Waals surface area contributed by atoms with Gasteiger partial charge in [-0.15, -0.1) is 0 Å². The van der Waals surface area contributed by atoms with E-state index in [1.807, 2.05) is 84.9 Å². The third-order valence-corrected chi connectivity index (χ3v) is 8.76. The van der Waals surface area contributed by atoms with Gasteiger partial charge in [0.1, 0.15) is 37.1 Å². The number of rotatable bonds is 14. The summed E-state index contributed by atoms with van der Waals surface area (Å²) < 4.78 is 33.7. The van der Waals surface area contributed by atoms with Crippen LogP contribution in [0.15, 0.2) is 123 Å². The Hall–Kier alpha value is -7.31. The minimum atomic E-state index is -0.598. The van der Waals surface area contributed by atoms with Gasteiger partial charge in [0, 0.05) is 46.9 Å². The molecule has 0 N–H and O–H groups in total. The van der Waals surface area contributed by atoms with E-state index in [9.17, 15) is 14.4 Å². The van der Waals surface area contributed by atoms with Crippen LogP contribution in [-0.2, 0) is 45.0 Å². The molecule has 1 heterocycles. The van der Waals surface area contributed by atoms with E-state index < -0.39 is 24.0 Å². The van der Waals surface area contributed by atoms with Gasteiger partial charge in [0.25, 0.3) is 0 Å². The first-order valence-corrected chi connectivity index (χ1v) is 18.6.